The molecule has 0 radical (unpaired) electrons. The van der Waals surface area contributed by atoms with Gasteiger partial charge in [0.05, 0.1) is 12.2 Å². The number of rotatable bonds is 0. The van der Waals surface area contributed by atoms with Gasteiger partial charge in [-0.2, -0.15) is 0 Å². The molecule has 0 N–H and O–H groups in total. The van der Waals surface area contributed by atoms with Crippen molar-refractivity contribution in [1.29, 1.82) is 0 Å². The van der Waals surface area contributed by atoms with Gasteiger partial charge in [0.25, 0.3) is 0 Å². The molecule has 0 saturated carbocycles. The van der Waals surface area contributed by atoms with Crippen molar-refractivity contribution in [2.75, 3.05) is 6.61 Å². The molecule has 0 aliphatic carbocycles. The first-order valence-corrected chi connectivity index (χ1v) is 11.2. The van der Waals surface area contributed by atoms with Gasteiger partial charge in [-0.3, -0.25) is 0 Å². The van der Waals surface area contributed by atoms with Crippen LogP contribution in [0.3, 0.4) is 0 Å². The van der Waals surface area contributed by atoms with Crippen LogP contribution in [0.4, 0.5) is 0 Å². The zero-order valence-corrected chi connectivity index (χ0v) is 10.5. The Bertz CT molecular complexity index is 61.1. The third kappa shape index (κ3) is 8.00. The Morgan fingerprint density at radius 1 is 1.50 bits per heavy atom. The van der Waals surface area contributed by atoms with Crippen LogP contribution in [0, 0.1) is 0 Å². The number of hydrogen-bond acceptors (Lipinski definition) is 1. The van der Waals surface area contributed by atoms with E-state index in [-0.39, 0.29) is 5.60 Å². The first-order valence-electron chi connectivity index (χ1n) is 2.18. The van der Waals surface area contributed by atoms with Crippen LogP contribution >= 0.6 is 40.0 Å². The summed E-state index contributed by atoms with van der Waals surface area (Å²) < 4.78 is 4.90. The summed E-state index contributed by atoms with van der Waals surface area (Å²) in [6, 6.07) is 0. The molecular formula is C4H8I2OV. The van der Waals surface area contributed by atoms with Crippen molar-refractivity contribution in [1.82, 2.24) is 0 Å². The summed E-state index contributed by atoms with van der Waals surface area (Å²) in [6.07, 6.45) is 0. The molecule has 0 bridgehead atoms. The van der Waals surface area contributed by atoms with Crippen molar-refractivity contribution in [2.24, 2.45) is 0 Å². The van der Waals surface area contributed by atoms with Gasteiger partial charge >= 0.3 is 49.4 Å². The van der Waals surface area contributed by atoms with Gasteiger partial charge in [-0.15, -0.1) is 0 Å². The minimum atomic E-state index is 0.250. The Hall–Kier alpha value is 2.00. The van der Waals surface area contributed by atoms with E-state index in [1.807, 2.05) is 0 Å². The van der Waals surface area contributed by atoms with Gasteiger partial charge in [0.15, 0.2) is 0 Å². The summed E-state index contributed by atoms with van der Waals surface area (Å²) in [5.41, 5.74) is 0.250. The van der Waals surface area contributed by atoms with E-state index in [1.165, 1.54) is 0 Å². The van der Waals surface area contributed by atoms with E-state index < -0.39 is 0 Å². The molecule has 1 nitrogen and oxygen atoms in total. The van der Waals surface area contributed by atoms with Crippen LogP contribution in [0.15, 0.2) is 0 Å². The van der Waals surface area contributed by atoms with Gasteiger partial charge in [0.1, 0.15) is 0 Å². The summed E-state index contributed by atoms with van der Waals surface area (Å²) in [4.78, 5) is 0. The summed E-state index contributed by atoms with van der Waals surface area (Å²) >= 11 is 4.74. The van der Waals surface area contributed by atoms with Gasteiger partial charge in [-0.1, -0.05) is 0 Å². The Kier molecular flexibility index (Phi) is 5.96. The first-order chi connectivity index (χ1) is 3.62. The molecule has 0 aromatic rings. The first kappa shape index (κ1) is 10.0. The SMILES string of the molecule is CC1(C)CO1.[I][V][I]. The van der Waals surface area contributed by atoms with Crippen molar-refractivity contribution in [2.45, 2.75) is 19.4 Å². The second-order valence-corrected chi connectivity index (χ2v) is 13.9. The van der Waals surface area contributed by atoms with E-state index in [0.717, 1.165) is 6.61 Å². The quantitative estimate of drug-likeness (QED) is 0.467. The van der Waals surface area contributed by atoms with Crippen LogP contribution in [-0.2, 0) is 14.2 Å². The van der Waals surface area contributed by atoms with E-state index in [1.54, 1.807) is 0 Å². The molecule has 1 aliphatic heterocycles. The normalized spacial score (nSPS) is 20.5. The van der Waals surface area contributed by atoms with E-state index in [2.05, 4.69) is 53.8 Å². The van der Waals surface area contributed by atoms with Crippen LogP contribution in [0.2, 0.25) is 0 Å². The fraction of sp³-hybridized carbons (Fsp3) is 1.00. The fourth-order valence-electron chi connectivity index (χ4n) is 0.144. The Morgan fingerprint density at radius 3 is 1.62 bits per heavy atom. The molecule has 4 heteroatoms. The molecule has 1 fully saturated rings. The van der Waals surface area contributed by atoms with E-state index in [9.17, 15) is 0 Å². The van der Waals surface area contributed by atoms with Gasteiger partial charge in [-0.25, -0.2) is 0 Å². The van der Waals surface area contributed by atoms with E-state index in [4.69, 9.17) is 4.74 Å². The van der Waals surface area contributed by atoms with Crippen molar-refractivity contribution < 1.29 is 14.2 Å². The van der Waals surface area contributed by atoms with Crippen LogP contribution in [0.1, 0.15) is 13.8 Å². The molecule has 0 aromatic heterocycles. The maximum absolute atomic E-state index is 4.90. The number of hydrogen-bond donors (Lipinski definition) is 0. The summed E-state index contributed by atoms with van der Waals surface area (Å²) in [7, 11) is 0.628. The average Bonchev–Trinajstić information content (AvgIpc) is 2.22. The molecule has 0 aromatic carbocycles. The second kappa shape index (κ2) is 4.76. The molecule has 1 aliphatic rings. The predicted molar refractivity (Wildman–Crippen MR) is 48.1 cm³/mol. The maximum atomic E-state index is 4.90. The number of epoxide rings is 1. The molecule has 0 amide bonds. The monoisotopic (exact) mass is 377 g/mol. The number of ether oxygens (including phenoxy) is 1. The number of halogens is 2. The van der Waals surface area contributed by atoms with E-state index >= 15 is 0 Å². The van der Waals surface area contributed by atoms with Crippen molar-refractivity contribution in [3.05, 3.63) is 0 Å². The Morgan fingerprint density at radius 2 is 1.62 bits per heavy atom. The molecule has 1 saturated heterocycles. The average molecular weight is 377 g/mol. The zero-order chi connectivity index (χ0) is 6.62. The molecular weight excluding hydrogens is 369 g/mol. The van der Waals surface area contributed by atoms with Crippen molar-refractivity contribution in [3.8, 4) is 0 Å². The topological polar surface area (TPSA) is 12.5 Å². The molecule has 49 valence electrons. The summed E-state index contributed by atoms with van der Waals surface area (Å²) in [6.45, 7) is 5.10. The second-order valence-electron chi connectivity index (χ2n) is 2.11. The van der Waals surface area contributed by atoms with Gasteiger partial charge < -0.3 is 4.74 Å². The molecule has 1 heterocycles. The predicted octanol–water partition coefficient (Wildman–Crippen LogP) is 2.56. The van der Waals surface area contributed by atoms with Crippen LogP contribution in [-0.4, -0.2) is 12.2 Å². The molecule has 0 unspecified atom stereocenters. The van der Waals surface area contributed by atoms with Gasteiger partial charge in [0, 0.05) is 0 Å². The minimum absolute atomic E-state index is 0.250. The summed E-state index contributed by atoms with van der Waals surface area (Å²) in [5.74, 6) is 0. The van der Waals surface area contributed by atoms with Crippen molar-refractivity contribution in [3.63, 3.8) is 0 Å². The van der Waals surface area contributed by atoms with Gasteiger partial charge in [0.2, 0.25) is 0 Å². The van der Waals surface area contributed by atoms with E-state index in [0.29, 0.717) is 9.47 Å². The molecule has 8 heavy (non-hydrogen) atoms. The third-order valence-electron chi connectivity index (χ3n) is 0.722. The third-order valence-corrected chi connectivity index (χ3v) is 0.722. The van der Waals surface area contributed by atoms with Gasteiger partial charge in [-0.05, 0) is 13.8 Å². The molecule has 0 spiro atoms. The van der Waals surface area contributed by atoms with Crippen molar-refractivity contribution >= 4 is 40.0 Å². The molecule has 1 rings (SSSR count). The van der Waals surface area contributed by atoms with Crippen LogP contribution < -0.4 is 0 Å². The summed E-state index contributed by atoms with van der Waals surface area (Å²) in [5, 5.41) is 0. The molecule has 0 atom stereocenters. The standard InChI is InChI=1S/C4H8O.2HI.V/c1-4(2)3-5-4;;;/h3H2,1-2H3;2*1H;/q;;;+2/p-2. The van der Waals surface area contributed by atoms with Crippen LogP contribution in [0.25, 0.3) is 0 Å². The fourth-order valence-corrected chi connectivity index (χ4v) is 0.144. The Labute approximate surface area is 79.2 Å². The zero-order valence-electron chi connectivity index (χ0n) is 4.82. The van der Waals surface area contributed by atoms with Crippen LogP contribution in [0.5, 0.6) is 0 Å². The Balaban J connectivity index is 0.000000145.